The van der Waals surface area contributed by atoms with Crippen molar-refractivity contribution in [2.24, 2.45) is 0 Å². The summed E-state index contributed by atoms with van der Waals surface area (Å²) in [4.78, 5) is 10.8. The molecule has 1 aromatic carbocycles. The van der Waals surface area contributed by atoms with Crippen LogP contribution in [0.4, 0.5) is 5.69 Å². The Labute approximate surface area is 115 Å². The van der Waals surface area contributed by atoms with Crippen molar-refractivity contribution in [1.82, 2.24) is 0 Å². The summed E-state index contributed by atoms with van der Waals surface area (Å²) in [7, 11) is -3.33. The molecule has 1 rings (SSSR count). The van der Waals surface area contributed by atoms with Gasteiger partial charge < -0.3 is 9.87 Å². The number of hydrogen-bond acceptors (Lipinski definition) is 3. The molecule has 0 aliphatic heterocycles. The standard InChI is InChI=1S/C8H9NO3S2.Na/c1-6(10)9-7-2-4-8(5-3-7)14(11,12)13;/h2-5H,1H3,(H,9,10)(H,11,12,13);. The summed E-state index contributed by atoms with van der Waals surface area (Å²) in [5.41, 5.74) is 0.569. The van der Waals surface area contributed by atoms with Crippen LogP contribution in [0.2, 0.25) is 0 Å². The molecule has 0 fully saturated rings. The molecule has 0 saturated heterocycles. The second kappa shape index (κ2) is 5.93. The van der Waals surface area contributed by atoms with E-state index in [4.69, 9.17) is 4.55 Å². The van der Waals surface area contributed by atoms with Gasteiger partial charge in [0.25, 0.3) is 0 Å². The van der Waals surface area contributed by atoms with Gasteiger partial charge in [0.1, 0.15) is 0 Å². The summed E-state index contributed by atoms with van der Waals surface area (Å²) in [5.74, 6) is -0.194. The molecule has 0 aliphatic carbocycles. The Morgan fingerprint density at radius 2 is 1.87 bits per heavy atom. The zero-order valence-corrected chi connectivity index (χ0v) is 12.0. The Kier molecular flexibility index (Phi) is 5.94. The Morgan fingerprint density at radius 1 is 1.40 bits per heavy atom. The average molecular weight is 254 g/mol. The quantitative estimate of drug-likeness (QED) is 0.768. The average Bonchev–Trinajstić information content (AvgIpc) is 2.02. The summed E-state index contributed by atoms with van der Waals surface area (Å²) >= 11 is 4.38. The fourth-order valence-electron chi connectivity index (χ4n) is 0.914. The zero-order valence-electron chi connectivity index (χ0n) is 8.39. The molecule has 2 N–H and O–H groups in total. The number of hydrogen-bond donors (Lipinski definition) is 2. The largest absolute Gasteiger partial charge is 0.326 e. The molecule has 0 heterocycles. The van der Waals surface area contributed by atoms with Crippen LogP contribution in [-0.4, -0.2) is 44.2 Å². The number of benzene rings is 1. The van der Waals surface area contributed by atoms with Gasteiger partial charge in [-0.15, -0.1) is 0 Å². The molecule has 1 aromatic rings. The summed E-state index contributed by atoms with van der Waals surface area (Å²) in [5, 5.41) is 2.54. The predicted molar refractivity (Wildman–Crippen MR) is 62.9 cm³/mol. The van der Waals surface area contributed by atoms with Crippen molar-refractivity contribution in [3.8, 4) is 0 Å². The van der Waals surface area contributed by atoms with Gasteiger partial charge in [0, 0.05) is 53.4 Å². The van der Waals surface area contributed by atoms with E-state index in [0.717, 1.165) is 0 Å². The minimum Gasteiger partial charge on any atom is -0.326 e. The van der Waals surface area contributed by atoms with E-state index in [1.165, 1.54) is 31.2 Å². The van der Waals surface area contributed by atoms with E-state index in [0.29, 0.717) is 5.69 Å². The first-order valence-electron chi connectivity index (χ1n) is 3.75. The maximum atomic E-state index is 11.0. The van der Waals surface area contributed by atoms with Crippen molar-refractivity contribution in [3.63, 3.8) is 0 Å². The molecule has 15 heavy (non-hydrogen) atoms. The van der Waals surface area contributed by atoms with Crippen LogP contribution in [0.25, 0.3) is 0 Å². The smallest absolute Gasteiger partial charge is 0.221 e. The van der Waals surface area contributed by atoms with Crippen molar-refractivity contribution in [1.29, 1.82) is 0 Å². The molecule has 1 radical (unpaired) electrons. The van der Waals surface area contributed by atoms with Gasteiger partial charge >= 0.3 is 0 Å². The molecule has 0 aromatic heterocycles. The number of carbonyl (C=O) groups is 1. The number of amides is 1. The molecule has 7 heteroatoms. The van der Waals surface area contributed by atoms with E-state index in [9.17, 15) is 9.00 Å². The maximum Gasteiger partial charge on any atom is 0.221 e. The maximum absolute atomic E-state index is 11.0. The van der Waals surface area contributed by atoms with Gasteiger partial charge in [0.2, 0.25) is 5.91 Å². The van der Waals surface area contributed by atoms with Gasteiger partial charge in [0.15, 0.2) is 8.77 Å². The van der Waals surface area contributed by atoms with Gasteiger partial charge in [-0.05, 0) is 24.3 Å². The minimum absolute atomic E-state index is 0. The molecule has 0 saturated carbocycles. The van der Waals surface area contributed by atoms with E-state index in [-0.39, 0.29) is 40.4 Å². The Morgan fingerprint density at radius 3 is 2.20 bits per heavy atom. The third-order valence-electron chi connectivity index (χ3n) is 1.47. The number of carbonyl (C=O) groups excluding carboxylic acids is 1. The van der Waals surface area contributed by atoms with Crippen LogP contribution in [0.15, 0.2) is 29.2 Å². The van der Waals surface area contributed by atoms with Crippen molar-refractivity contribution >= 4 is 61.1 Å². The molecule has 0 aliphatic rings. The van der Waals surface area contributed by atoms with Gasteiger partial charge in [0.05, 0.1) is 4.90 Å². The van der Waals surface area contributed by atoms with Crippen molar-refractivity contribution < 1.29 is 13.6 Å². The van der Waals surface area contributed by atoms with Crippen LogP contribution in [0.3, 0.4) is 0 Å². The molecule has 0 bridgehead atoms. The first-order chi connectivity index (χ1) is 6.39. The monoisotopic (exact) mass is 254 g/mol. The summed E-state index contributed by atoms with van der Waals surface area (Å²) in [6, 6.07) is 5.89. The topological polar surface area (TPSA) is 66.4 Å². The zero-order chi connectivity index (χ0) is 10.8. The molecule has 1 amide bonds. The minimum atomic E-state index is -3.33. The first kappa shape index (κ1) is 15.0. The summed E-state index contributed by atoms with van der Waals surface area (Å²) in [6.07, 6.45) is 0. The van der Waals surface area contributed by atoms with E-state index in [1.807, 2.05) is 0 Å². The van der Waals surface area contributed by atoms with E-state index in [2.05, 4.69) is 16.5 Å². The molecular weight excluding hydrogens is 245 g/mol. The van der Waals surface area contributed by atoms with Crippen molar-refractivity contribution in [3.05, 3.63) is 24.3 Å². The normalized spacial score (nSPS) is 13.5. The summed E-state index contributed by atoms with van der Waals surface area (Å²) in [6.45, 7) is 1.39. The van der Waals surface area contributed by atoms with Gasteiger partial charge in [-0.3, -0.25) is 4.79 Å². The second-order valence-corrected chi connectivity index (χ2v) is 5.46. The number of anilines is 1. The van der Waals surface area contributed by atoms with Gasteiger partial charge in [-0.25, -0.2) is 4.21 Å². The predicted octanol–water partition coefficient (Wildman–Crippen LogP) is 0.842. The Bertz CT molecular complexity index is 441. The van der Waals surface area contributed by atoms with E-state index < -0.39 is 8.77 Å². The van der Waals surface area contributed by atoms with Crippen LogP contribution >= 0.6 is 0 Å². The fraction of sp³-hybridized carbons (Fsp3) is 0.125. The number of nitrogens with one attached hydrogen (secondary N) is 1. The van der Waals surface area contributed by atoms with Crippen molar-refractivity contribution in [2.75, 3.05) is 5.32 Å². The Hall–Kier alpha value is 0.0200. The third-order valence-corrected chi connectivity index (χ3v) is 2.92. The van der Waals surface area contributed by atoms with Crippen LogP contribution in [-0.2, 0) is 24.8 Å². The molecule has 0 spiro atoms. The Balaban J connectivity index is 0.00000196. The second-order valence-electron chi connectivity index (χ2n) is 2.68. The van der Waals surface area contributed by atoms with Crippen LogP contribution < -0.4 is 5.32 Å². The van der Waals surface area contributed by atoms with Crippen molar-refractivity contribution in [2.45, 2.75) is 11.8 Å². The molecule has 4 nitrogen and oxygen atoms in total. The molecule has 1 atom stereocenters. The fourth-order valence-corrected chi connectivity index (χ4v) is 1.73. The molecule has 1 unspecified atom stereocenters. The van der Waals surface area contributed by atoms with Gasteiger partial charge in [-0.2, -0.15) is 0 Å². The van der Waals surface area contributed by atoms with Gasteiger partial charge in [-0.1, -0.05) is 0 Å². The first-order valence-corrected chi connectivity index (χ1v) is 6.19. The molecular formula is C8H9NNaO3S2. The van der Waals surface area contributed by atoms with Crippen LogP contribution in [0.1, 0.15) is 6.92 Å². The van der Waals surface area contributed by atoms with E-state index in [1.54, 1.807) is 0 Å². The summed E-state index contributed by atoms with van der Waals surface area (Å²) < 4.78 is 20.0. The third kappa shape index (κ3) is 5.05. The molecule has 77 valence electrons. The van der Waals surface area contributed by atoms with Crippen LogP contribution in [0, 0.1) is 0 Å². The number of rotatable bonds is 2. The van der Waals surface area contributed by atoms with E-state index >= 15 is 0 Å². The SMILES string of the molecule is CC(=O)Nc1ccc(S(=O)(O)=S)cc1.[Na]. The van der Waals surface area contributed by atoms with Crippen LogP contribution in [0.5, 0.6) is 0 Å².